The molecule has 28 heavy (non-hydrogen) atoms. The van der Waals surface area contributed by atoms with Crippen LogP contribution in [0.2, 0.25) is 39.3 Å². The quantitative estimate of drug-likeness (QED) is 0.353. The van der Waals surface area contributed by atoms with E-state index in [1.165, 1.54) is 0 Å². The number of carbonyl (C=O) groups is 1. The summed E-state index contributed by atoms with van der Waals surface area (Å²) in [5, 5.41) is 0. The SMILES string of the molecule is CCCCC(CC(=O)CCc1ccc(O[Si](C)(C)C)c(OC)c1)O[Si](C)(C)C. The van der Waals surface area contributed by atoms with E-state index in [2.05, 4.69) is 46.2 Å². The summed E-state index contributed by atoms with van der Waals surface area (Å²) in [5.41, 5.74) is 1.10. The van der Waals surface area contributed by atoms with E-state index < -0.39 is 16.6 Å². The monoisotopic (exact) mass is 424 g/mol. The predicted octanol–water partition coefficient (Wildman–Crippen LogP) is 6.21. The van der Waals surface area contributed by atoms with Crippen molar-refractivity contribution in [2.45, 2.75) is 90.8 Å². The first-order chi connectivity index (χ1) is 12.9. The maximum atomic E-state index is 12.6. The Bertz CT molecular complexity index is 618. The average molecular weight is 425 g/mol. The van der Waals surface area contributed by atoms with E-state index in [9.17, 15) is 4.79 Å². The van der Waals surface area contributed by atoms with Gasteiger partial charge in [0.05, 0.1) is 13.2 Å². The van der Waals surface area contributed by atoms with Gasteiger partial charge in [-0.3, -0.25) is 4.79 Å². The third kappa shape index (κ3) is 10.4. The zero-order valence-corrected chi connectivity index (χ0v) is 21.2. The number of ketones is 1. The Morgan fingerprint density at radius 3 is 2.25 bits per heavy atom. The summed E-state index contributed by atoms with van der Waals surface area (Å²) < 4.78 is 17.8. The summed E-state index contributed by atoms with van der Waals surface area (Å²) in [6.45, 7) is 15.2. The van der Waals surface area contributed by atoms with Gasteiger partial charge in [0.1, 0.15) is 11.5 Å². The first kappa shape index (κ1) is 24.9. The molecule has 0 fully saturated rings. The van der Waals surface area contributed by atoms with Crippen molar-refractivity contribution in [2.75, 3.05) is 7.11 Å². The Morgan fingerprint density at radius 2 is 1.71 bits per heavy atom. The maximum Gasteiger partial charge on any atom is 0.242 e. The minimum atomic E-state index is -1.69. The van der Waals surface area contributed by atoms with Crippen molar-refractivity contribution in [1.82, 2.24) is 0 Å². The lowest BCUT2D eigenvalue weighted by Crippen LogP contribution is -2.33. The third-order valence-corrected chi connectivity index (χ3v) is 6.06. The van der Waals surface area contributed by atoms with Crippen LogP contribution < -0.4 is 9.16 Å². The Kier molecular flexibility index (Phi) is 9.94. The summed E-state index contributed by atoms with van der Waals surface area (Å²) in [5.74, 6) is 1.82. The lowest BCUT2D eigenvalue weighted by molar-refractivity contribution is -0.120. The summed E-state index contributed by atoms with van der Waals surface area (Å²) >= 11 is 0. The van der Waals surface area contributed by atoms with Crippen molar-refractivity contribution in [3.8, 4) is 11.5 Å². The summed E-state index contributed by atoms with van der Waals surface area (Å²) in [4.78, 5) is 12.6. The highest BCUT2D eigenvalue weighted by atomic mass is 28.4. The van der Waals surface area contributed by atoms with Gasteiger partial charge in [-0.2, -0.15) is 0 Å². The van der Waals surface area contributed by atoms with Gasteiger partial charge in [-0.1, -0.05) is 25.8 Å². The zero-order chi connectivity index (χ0) is 21.4. The topological polar surface area (TPSA) is 44.8 Å². The number of hydrogen-bond acceptors (Lipinski definition) is 4. The molecule has 6 heteroatoms. The second-order valence-electron chi connectivity index (χ2n) is 9.44. The van der Waals surface area contributed by atoms with Gasteiger partial charge in [-0.05, 0) is 69.8 Å². The fourth-order valence-electron chi connectivity index (χ4n) is 3.06. The maximum absolute atomic E-state index is 12.6. The lowest BCUT2D eigenvalue weighted by Gasteiger charge is -2.26. The predicted molar refractivity (Wildman–Crippen MR) is 123 cm³/mol. The molecule has 0 spiro atoms. The van der Waals surface area contributed by atoms with Crippen molar-refractivity contribution in [3.63, 3.8) is 0 Å². The molecule has 0 aliphatic carbocycles. The highest BCUT2D eigenvalue weighted by Gasteiger charge is 2.23. The highest BCUT2D eigenvalue weighted by molar-refractivity contribution is 6.70. The van der Waals surface area contributed by atoms with Gasteiger partial charge in [0.25, 0.3) is 0 Å². The van der Waals surface area contributed by atoms with Crippen molar-refractivity contribution >= 4 is 22.4 Å². The van der Waals surface area contributed by atoms with E-state index in [1.54, 1.807) is 7.11 Å². The zero-order valence-electron chi connectivity index (χ0n) is 19.2. The molecule has 0 bridgehead atoms. The molecule has 0 aromatic heterocycles. The largest absolute Gasteiger partial charge is 0.542 e. The molecule has 0 aliphatic heterocycles. The fourth-order valence-corrected chi connectivity index (χ4v) is 5.09. The molecule has 0 amide bonds. The number of methoxy groups -OCH3 is 1. The molecule has 160 valence electrons. The van der Waals surface area contributed by atoms with E-state index in [4.69, 9.17) is 13.6 Å². The number of ether oxygens (including phenoxy) is 1. The van der Waals surface area contributed by atoms with E-state index in [1.807, 2.05) is 18.2 Å². The van der Waals surface area contributed by atoms with Crippen molar-refractivity contribution in [2.24, 2.45) is 0 Å². The molecule has 1 atom stereocenters. The smallest absolute Gasteiger partial charge is 0.242 e. The second kappa shape index (κ2) is 11.2. The van der Waals surface area contributed by atoms with E-state index in [0.29, 0.717) is 12.8 Å². The molecule has 0 saturated carbocycles. The Morgan fingerprint density at radius 1 is 1.04 bits per heavy atom. The van der Waals surface area contributed by atoms with Crippen LogP contribution in [0.5, 0.6) is 11.5 Å². The number of benzene rings is 1. The van der Waals surface area contributed by atoms with Crippen molar-refractivity contribution in [1.29, 1.82) is 0 Å². The molecule has 0 radical (unpaired) electrons. The second-order valence-corrected chi connectivity index (χ2v) is 18.3. The molecule has 1 rings (SSSR count). The Balaban J connectivity index is 2.67. The number of carbonyl (C=O) groups excluding carboxylic acids is 1. The van der Waals surface area contributed by atoms with Gasteiger partial charge in [0.2, 0.25) is 8.32 Å². The highest BCUT2D eigenvalue weighted by Crippen LogP contribution is 2.30. The van der Waals surface area contributed by atoms with Gasteiger partial charge in [-0.25, -0.2) is 0 Å². The van der Waals surface area contributed by atoms with Gasteiger partial charge in [0, 0.05) is 12.8 Å². The Labute approximate surface area is 174 Å². The van der Waals surface area contributed by atoms with Crippen LogP contribution in [0.4, 0.5) is 0 Å². The Hall–Kier alpha value is -1.12. The summed E-state index contributed by atoms with van der Waals surface area (Å²) in [7, 11) is -1.68. The average Bonchev–Trinajstić information content (AvgIpc) is 2.56. The van der Waals surface area contributed by atoms with Gasteiger partial charge < -0.3 is 13.6 Å². The first-order valence-electron chi connectivity index (χ1n) is 10.5. The van der Waals surface area contributed by atoms with Crippen LogP contribution in [0.1, 0.15) is 44.6 Å². The van der Waals surface area contributed by atoms with Crippen LogP contribution >= 0.6 is 0 Å². The van der Waals surface area contributed by atoms with Crippen molar-refractivity contribution < 1.29 is 18.4 Å². The molecule has 0 heterocycles. The van der Waals surface area contributed by atoms with Crippen LogP contribution in [0, 0.1) is 0 Å². The molecular weight excluding hydrogens is 384 g/mol. The van der Waals surface area contributed by atoms with E-state index in [0.717, 1.165) is 42.7 Å². The van der Waals surface area contributed by atoms with E-state index in [-0.39, 0.29) is 11.9 Å². The molecule has 1 unspecified atom stereocenters. The molecule has 1 aromatic rings. The molecular formula is C22H40O4Si2. The van der Waals surface area contributed by atoms with Crippen LogP contribution in [0.15, 0.2) is 18.2 Å². The summed E-state index contributed by atoms with van der Waals surface area (Å²) in [6, 6.07) is 6.00. The molecule has 0 saturated heterocycles. The van der Waals surface area contributed by atoms with Gasteiger partial charge in [-0.15, -0.1) is 0 Å². The molecule has 1 aromatic carbocycles. The normalized spacial score (nSPS) is 13.3. The fraction of sp³-hybridized carbons (Fsp3) is 0.682. The third-order valence-electron chi connectivity index (χ3n) is 4.19. The number of hydrogen-bond donors (Lipinski definition) is 0. The number of rotatable bonds is 13. The van der Waals surface area contributed by atoms with Crippen LogP contribution in [-0.2, 0) is 15.6 Å². The minimum Gasteiger partial charge on any atom is -0.542 e. The van der Waals surface area contributed by atoms with E-state index >= 15 is 0 Å². The lowest BCUT2D eigenvalue weighted by atomic mass is 10.0. The molecule has 0 aliphatic rings. The standard InChI is InChI=1S/C22H40O4Si2/c1-9-10-11-20(25-27(3,4)5)17-19(23)14-12-18-13-15-21(22(16-18)24-2)26-28(6,7)8/h13,15-16,20H,9-12,14,17H2,1-8H3. The number of Topliss-reactive ketones (excluding diaryl/α,β-unsaturated/α-hetero) is 1. The van der Waals surface area contributed by atoms with Crippen LogP contribution in [0.25, 0.3) is 0 Å². The van der Waals surface area contributed by atoms with Crippen LogP contribution in [0.3, 0.4) is 0 Å². The number of aryl methyl sites for hydroxylation is 1. The van der Waals surface area contributed by atoms with Gasteiger partial charge in [0.15, 0.2) is 14.1 Å². The summed E-state index contributed by atoms with van der Waals surface area (Å²) in [6.07, 6.45) is 5.07. The molecule has 0 N–H and O–H groups in total. The molecule has 4 nitrogen and oxygen atoms in total. The van der Waals surface area contributed by atoms with Gasteiger partial charge >= 0.3 is 0 Å². The number of unbranched alkanes of at least 4 members (excludes halogenated alkanes) is 1. The van der Waals surface area contributed by atoms with Crippen molar-refractivity contribution in [3.05, 3.63) is 23.8 Å². The van der Waals surface area contributed by atoms with Crippen LogP contribution in [-0.4, -0.2) is 35.6 Å². The minimum absolute atomic E-state index is 0.0705. The first-order valence-corrected chi connectivity index (χ1v) is 17.3.